The highest BCUT2D eigenvalue weighted by atomic mass is 16.5. The molecule has 0 fully saturated rings. The van der Waals surface area contributed by atoms with Crippen molar-refractivity contribution in [2.24, 2.45) is 0 Å². The molecule has 0 spiro atoms. The van der Waals surface area contributed by atoms with E-state index < -0.39 is 0 Å². The number of hydrogen-bond acceptors (Lipinski definition) is 5. The molecule has 0 radical (unpaired) electrons. The summed E-state index contributed by atoms with van der Waals surface area (Å²) in [5.74, 6) is 0.646. The number of anilines is 1. The van der Waals surface area contributed by atoms with E-state index in [2.05, 4.69) is 0 Å². The topological polar surface area (TPSA) is 59.1 Å². The largest absolute Gasteiger partial charge is 0.497 e. The van der Waals surface area contributed by atoms with Crippen molar-refractivity contribution in [3.05, 3.63) is 95.7 Å². The molecule has 0 aliphatic carbocycles. The number of nitrogens with zero attached hydrogens (tertiary/aromatic N) is 2. The third-order valence-corrected chi connectivity index (χ3v) is 5.68. The molecule has 6 nitrogen and oxygen atoms in total. The number of amides is 2. The summed E-state index contributed by atoms with van der Waals surface area (Å²) in [6.07, 6.45) is 0. The van der Waals surface area contributed by atoms with Gasteiger partial charge in [0.15, 0.2) is 0 Å². The molecule has 3 aromatic rings. The van der Waals surface area contributed by atoms with Crippen LogP contribution in [0.25, 0.3) is 5.57 Å². The number of likely N-dealkylation sites (N-methyl/N-ethyl adjacent to an activating group) is 1. The molecule has 0 aromatic heterocycles. The number of imide groups is 1. The normalized spacial score (nSPS) is 13.5. The third-order valence-electron chi connectivity index (χ3n) is 5.68. The maximum atomic E-state index is 13.7. The fourth-order valence-electron chi connectivity index (χ4n) is 3.95. The molecule has 0 saturated heterocycles. The highest BCUT2D eigenvalue weighted by Gasteiger charge is 2.42. The van der Waals surface area contributed by atoms with Gasteiger partial charge in [-0.25, -0.2) is 4.90 Å². The highest BCUT2D eigenvalue weighted by molar-refractivity contribution is 6.45. The predicted octanol–water partition coefficient (Wildman–Crippen LogP) is 4.51. The van der Waals surface area contributed by atoms with Crippen LogP contribution in [0, 0.1) is 0 Å². The van der Waals surface area contributed by atoms with Crippen LogP contribution in [0.2, 0.25) is 0 Å². The first-order valence-corrected chi connectivity index (χ1v) is 10.8. The van der Waals surface area contributed by atoms with Crippen molar-refractivity contribution < 1.29 is 19.1 Å². The van der Waals surface area contributed by atoms with Crippen molar-refractivity contribution in [2.75, 3.05) is 25.7 Å². The van der Waals surface area contributed by atoms with Gasteiger partial charge in [-0.3, -0.25) is 9.59 Å². The Kier molecular flexibility index (Phi) is 6.45. The Morgan fingerprint density at radius 1 is 0.758 bits per heavy atom. The van der Waals surface area contributed by atoms with Crippen molar-refractivity contribution in [2.45, 2.75) is 13.5 Å². The van der Waals surface area contributed by atoms with E-state index in [-0.39, 0.29) is 11.8 Å². The molecule has 1 aliphatic heterocycles. The molecule has 4 rings (SSSR count). The number of benzene rings is 3. The third kappa shape index (κ3) is 4.32. The van der Waals surface area contributed by atoms with Crippen LogP contribution in [0.5, 0.6) is 11.5 Å². The minimum Gasteiger partial charge on any atom is -0.497 e. The Morgan fingerprint density at radius 2 is 1.33 bits per heavy atom. The fraction of sp³-hybridized carbons (Fsp3) is 0.185. The maximum absolute atomic E-state index is 13.7. The number of ether oxygens (including phenoxy) is 2. The van der Waals surface area contributed by atoms with Crippen LogP contribution in [0.1, 0.15) is 18.1 Å². The minimum atomic E-state index is -0.350. The summed E-state index contributed by atoms with van der Waals surface area (Å²) in [6, 6.07) is 24.0. The zero-order valence-corrected chi connectivity index (χ0v) is 18.9. The van der Waals surface area contributed by atoms with Gasteiger partial charge in [0.05, 0.1) is 25.5 Å². The first-order chi connectivity index (χ1) is 16.1. The van der Waals surface area contributed by atoms with E-state index in [4.69, 9.17) is 9.47 Å². The molecule has 0 bridgehead atoms. The molecular weight excluding hydrogens is 416 g/mol. The van der Waals surface area contributed by atoms with Crippen LogP contribution in [-0.4, -0.2) is 37.5 Å². The van der Waals surface area contributed by atoms with E-state index in [0.29, 0.717) is 47.1 Å². The molecule has 33 heavy (non-hydrogen) atoms. The summed E-state index contributed by atoms with van der Waals surface area (Å²) in [5, 5.41) is 0. The van der Waals surface area contributed by atoms with Crippen LogP contribution < -0.4 is 14.4 Å². The van der Waals surface area contributed by atoms with Crippen molar-refractivity contribution in [1.29, 1.82) is 0 Å². The van der Waals surface area contributed by atoms with Gasteiger partial charge in [0.2, 0.25) is 0 Å². The molecule has 3 aromatic carbocycles. The quantitative estimate of drug-likeness (QED) is 0.481. The number of hydrogen-bond donors (Lipinski definition) is 0. The van der Waals surface area contributed by atoms with E-state index in [1.807, 2.05) is 54.3 Å². The second-order valence-electron chi connectivity index (χ2n) is 7.60. The summed E-state index contributed by atoms with van der Waals surface area (Å²) < 4.78 is 10.5. The van der Waals surface area contributed by atoms with Crippen molar-refractivity contribution in [3.63, 3.8) is 0 Å². The van der Waals surface area contributed by atoms with Crippen molar-refractivity contribution in [3.8, 4) is 11.5 Å². The number of methoxy groups -OCH3 is 2. The maximum Gasteiger partial charge on any atom is 0.282 e. The molecule has 168 valence electrons. The molecule has 1 aliphatic rings. The van der Waals surface area contributed by atoms with E-state index in [1.165, 1.54) is 4.90 Å². The minimum absolute atomic E-state index is 0.339. The number of carbonyl (C=O) groups is 2. The Bertz CT molecular complexity index is 1170. The van der Waals surface area contributed by atoms with Gasteiger partial charge in [-0.2, -0.15) is 0 Å². The molecule has 2 amide bonds. The monoisotopic (exact) mass is 442 g/mol. The SMILES string of the molecule is CCN(Cc1ccccc1)C1=C(c2ccc(OC)cc2)C(=O)N(c2ccc(OC)cc2)C1=O. The van der Waals surface area contributed by atoms with Gasteiger partial charge in [-0.05, 0) is 54.4 Å². The second kappa shape index (κ2) is 9.61. The molecule has 0 unspecified atom stereocenters. The summed E-state index contributed by atoms with van der Waals surface area (Å²) in [7, 11) is 3.17. The fourth-order valence-corrected chi connectivity index (χ4v) is 3.95. The Hall–Kier alpha value is -4.06. The van der Waals surface area contributed by atoms with E-state index >= 15 is 0 Å². The van der Waals surface area contributed by atoms with Crippen LogP contribution in [-0.2, 0) is 16.1 Å². The van der Waals surface area contributed by atoms with E-state index in [0.717, 1.165) is 5.56 Å². The number of rotatable bonds is 8. The molecule has 1 heterocycles. The summed E-state index contributed by atoms with van der Waals surface area (Å²) in [6.45, 7) is 3.07. The van der Waals surface area contributed by atoms with E-state index in [1.54, 1.807) is 50.6 Å². The number of carbonyl (C=O) groups excluding carboxylic acids is 2. The molecule has 0 N–H and O–H groups in total. The van der Waals surface area contributed by atoms with Gasteiger partial charge >= 0.3 is 0 Å². The molecule has 0 atom stereocenters. The van der Waals surface area contributed by atoms with Gasteiger partial charge in [0.25, 0.3) is 11.8 Å². The molecule has 6 heteroatoms. The van der Waals surface area contributed by atoms with Crippen LogP contribution in [0.4, 0.5) is 5.69 Å². The summed E-state index contributed by atoms with van der Waals surface area (Å²) in [4.78, 5) is 30.6. The first kappa shape index (κ1) is 22.1. The molecular formula is C27H26N2O4. The van der Waals surface area contributed by atoms with Crippen LogP contribution in [0.15, 0.2) is 84.6 Å². The Morgan fingerprint density at radius 3 is 1.88 bits per heavy atom. The van der Waals surface area contributed by atoms with Gasteiger partial charge in [0.1, 0.15) is 17.2 Å². The summed E-state index contributed by atoms with van der Waals surface area (Å²) >= 11 is 0. The smallest absolute Gasteiger partial charge is 0.282 e. The Labute approximate surface area is 193 Å². The average Bonchev–Trinajstić information content (AvgIpc) is 3.13. The van der Waals surface area contributed by atoms with E-state index in [9.17, 15) is 9.59 Å². The second-order valence-corrected chi connectivity index (χ2v) is 7.60. The summed E-state index contributed by atoms with van der Waals surface area (Å²) in [5.41, 5.74) is 3.02. The van der Waals surface area contributed by atoms with Crippen LogP contribution in [0.3, 0.4) is 0 Å². The highest BCUT2D eigenvalue weighted by Crippen LogP contribution is 2.36. The van der Waals surface area contributed by atoms with Gasteiger partial charge < -0.3 is 14.4 Å². The lowest BCUT2D eigenvalue weighted by Crippen LogP contribution is -2.35. The van der Waals surface area contributed by atoms with Crippen molar-refractivity contribution in [1.82, 2.24) is 4.90 Å². The average molecular weight is 443 g/mol. The lowest BCUT2D eigenvalue weighted by Gasteiger charge is -2.25. The Balaban J connectivity index is 1.80. The predicted molar refractivity (Wildman–Crippen MR) is 128 cm³/mol. The van der Waals surface area contributed by atoms with Crippen LogP contribution >= 0.6 is 0 Å². The zero-order chi connectivity index (χ0) is 23.4. The van der Waals surface area contributed by atoms with Gasteiger partial charge in [-0.15, -0.1) is 0 Å². The lowest BCUT2D eigenvalue weighted by atomic mass is 10.0. The zero-order valence-electron chi connectivity index (χ0n) is 18.9. The lowest BCUT2D eigenvalue weighted by molar-refractivity contribution is -0.120. The standard InChI is InChI=1S/C27H26N2O4/c1-4-28(18-19-8-6-5-7-9-19)25-24(20-10-14-22(32-2)15-11-20)26(30)29(27(25)31)21-12-16-23(33-3)17-13-21/h5-17H,4,18H2,1-3H3. The first-order valence-electron chi connectivity index (χ1n) is 10.8. The van der Waals surface area contributed by atoms with Crippen molar-refractivity contribution >= 4 is 23.1 Å². The van der Waals surface area contributed by atoms with Gasteiger partial charge in [-0.1, -0.05) is 42.5 Å². The molecule has 0 saturated carbocycles. The van der Waals surface area contributed by atoms with Gasteiger partial charge in [0, 0.05) is 13.1 Å².